The smallest absolute Gasteiger partial charge is 0.220 e. The van der Waals surface area contributed by atoms with Crippen molar-refractivity contribution in [2.24, 2.45) is 0 Å². The molecule has 0 aromatic heterocycles. The summed E-state index contributed by atoms with van der Waals surface area (Å²) in [6.45, 7) is 3.31. The van der Waals surface area contributed by atoms with Crippen LogP contribution in [0.5, 0.6) is 0 Å². The molecule has 1 aromatic carbocycles. The SMILES string of the molecule is CO[C@@]1(C)O[C@@H]2[C@H](OCc3ccccc3)C(F)=C(Br)C(F)[C@H]2O[C@]1(C)OC. The van der Waals surface area contributed by atoms with Gasteiger partial charge < -0.3 is 23.7 Å². The van der Waals surface area contributed by atoms with Crippen molar-refractivity contribution in [3.8, 4) is 0 Å². The average Bonchev–Trinajstić information content (AvgIpc) is 2.69. The summed E-state index contributed by atoms with van der Waals surface area (Å²) in [6, 6.07) is 9.30. The van der Waals surface area contributed by atoms with Crippen LogP contribution in [0.15, 0.2) is 40.6 Å². The molecule has 0 saturated carbocycles. The molecule has 6 atom stereocenters. The molecule has 0 spiro atoms. The normalized spacial score (nSPS) is 39.4. The molecule has 1 fully saturated rings. The minimum absolute atomic E-state index is 0.133. The number of benzene rings is 1. The van der Waals surface area contributed by atoms with E-state index in [2.05, 4.69) is 15.9 Å². The third-order valence-electron chi connectivity index (χ3n) is 5.23. The second-order valence-electron chi connectivity index (χ2n) is 6.78. The predicted octanol–water partition coefficient (Wildman–Crippen LogP) is 4.01. The molecule has 2 aliphatic rings. The molecule has 3 rings (SSSR count). The van der Waals surface area contributed by atoms with Crippen LogP contribution >= 0.6 is 15.9 Å². The summed E-state index contributed by atoms with van der Waals surface area (Å²) in [5.41, 5.74) is 0.855. The molecule has 5 nitrogen and oxygen atoms in total. The van der Waals surface area contributed by atoms with Crippen molar-refractivity contribution < 1.29 is 32.5 Å². The van der Waals surface area contributed by atoms with E-state index in [1.165, 1.54) is 14.2 Å². The Hall–Kier alpha value is -0.900. The molecule has 27 heavy (non-hydrogen) atoms. The van der Waals surface area contributed by atoms with E-state index in [1.807, 2.05) is 30.3 Å². The Balaban J connectivity index is 1.91. The van der Waals surface area contributed by atoms with Crippen LogP contribution in [0.1, 0.15) is 19.4 Å². The van der Waals surface area contributed by atoms with Crippen molar-refractivity contribution in [3.05, 3.63) is 46.2 Å². The lowest BCUT2D eigenvalue weighted by Crippen LogP contribution is -2.69. The molecule has 0 N–H and O–H groups in total. The number of hydrogen-bond acceptors (Lipinski definition) is 5. The molecule has 1 aliphatic heterocycles. The van der Waals surface area contributed by atoms with E-state index in [1.54, 1.807) is 13.8 Å². The van der Waals surface area contributed by atoms with Crippen LogP contribution in [0.4, 0.5) is 8.78 Å². The molecule has 0 radical (unpaired) electrons. The Morgan fingerprint density at radius 1 is 1.04 bits per heavy atom. The number of hydrogen-bond donors (Lipinski definition) is 0. The molecule has 0 amide bonds. The van der Waals surface area contributed by atoms with Gasteiger partial charge in [0.15, 0.2) is 6.17 Å². The van der Waals surface area contributed by atoms with Gasteiger partial charge in [-0.25, -0.2) is 8.78 Å². The summed E-state index contributed by atoms with van der Waals surface area (Å²) in [4.78, 5) is 0. The highest BCUT2D eigenvalue weighted by atomic mass is 79.9. The average molecular weight is 449 g/mol. The fraction of sp³-hybridized carbons (Fsp3) is 0.579. The van der Waals surface area contributed by atoms with E-state index in [9.17, 15) is 8.78 Å². The second kappa shape index (κ2) is 7.85. The summed E-state index contributed by atoms with van der Waals surface area (Å²) < 4.78 is 57.9. The highest BCUT2D eigenvalue weighted by Crippen LogP contribution is 2.47. The maximum Gasteiger partial charge on any atom is 0.220 e. The quantitative estimate of drug-likeness (QED) is 0.680. The molecule has 8 heteroatoms. The highest BCUT2D eigenvalue weighted by Gasteiger charge is 2.62. The molecule has 1 aromatic rings. The second-order valence-corrected chi connectivity index (χ2v) is 7.63. The van der Waals surface area contributed by atoms with Gasteiger partial charge in [0.05, 0.1) is 11.1 Å². The lowest BCUT2D eigenvalue weighted by Gasteiger charge is -2.54. The number of methoxy groups -OCH3 is 2. The van der Waals surface area contributed by atoms with Gasteiger partial charge in [-0.05, 0) is 35.3 Å². The monoisotopic (exact) mass is 448 g/mol. The van der Waals surface area contributed by atoms with Crippen LogP contribution < -0.4 is 0 Å². The molecule has 0 bridgehead atoms. The molecule has 1 saturated heterocycles. The van der Waals surface area contributed by atoms with E-state index >= 15 is 0 Å². The van der Waals surface area contributed by atoms with Gasteiger partial charge in [-0.1, -0.05) is 30.3 Å². The Morgan fingerprint density at radius 2 is 1.59 bits per heavy atom. The van der Waals surface area contributed by atoms with Gasteiger partial charge >= 0.3 is 0 Å². The minimum Gasteiger partial charge on any atom is -0.364 e. The number of halogens is 3. The summed E-state index contributed by atoms with van der Waals surface area (Å²) >= 11 is 2.99. The summed E-state index contributed by atoms with van der Waals surface area (Å²) in [7, 11) is 2.82. The standard InChI is InChI=1S/C19H23BrF2O5/c1-18(23-3)19(2,24-4)27-17-15(25-10-11-8-6-5-7-9-11)13(21)12(20)14(22)16(17)26-18/h5-9,14-17H,10H2,1-4H3/t14?,15-,16-,17-,18+,19+/m1/s1. The third kappa shape index (κ3) is 3.59. The summed E-state index contributed by atoms with van der Waals surface area (Å²) in [5, 5.41) is 0. The number of ether oxygens (including phenoxy) is 5. The predicted molar refractivity (Wildman–Crippen MR) is 97.6 cm³/mol. The van der Waals surface area contributed by atoms with Crippen LogP contribution in [0.25, 0.3) is 0 Å². The number of fused-ring (bicyclic) bond motifs is 1. The lowest BCUT2D eigenvalue weighted by atomic mass is 9.91. The Morgan fingerprint density at radius 3 is 2.15 bits per heavy atom. The van der Waals surface area contributed by atoms with Gasteiger partial charge in [-0.15, -0.1) is 0 Å². The zero-order valence-electron chi connectivity index (χ0n) is 15.6. The van der Waals surface area contributed by atoms with Crippen LogP contribution in [0, 0.1) is 0 Å². The minimum atomic E-state index is -1.76. The lowest BCUT2D eigenvalue weighted by molar-refractivity contribution is -0.458. The zero-order valence-corrected chi connectivity index (χ0v) is 17.2. The van der Waals surface area contributed by atoms with Gasteiger partial charge in [-0.2, -0.15) is 0 Å². The van der Waals surface area contributed by atoms with Gasteiger partial charge in [0.1, 0.15) is 24.1 Å². The molecule has 1 aliphatic carbocycles. The summed E-state index contributed by atoms with van der Waals surface area (Å²) in [6.07, 6.45) is -5.11. The van der Waals surface area contributed by atoms with Crippen molar-refractivity contribution in [3.63, 3.8) is 0 Å². The van der Waals surface area contributed by atoms with Crippen molar-refractivity contribution in [1.29, 1.82) is 0 Å². The number of alkyl halides is 1. The summed E-state index contributed by atoms with van der Waals surface area (Å²) in [5.74, 6) is -3.54. The first-order valence-electron chi connectivity index (χ1n) is 8.57. The van der Waals surface area contributed by atoms with E-state index < -0.39 is 41.9 Å². The fourth-order valence-electron chi connectivity index (χ4n) is 3.28. The maximum absolute atomic E-state index is 14.9. The fourth-order valence-corrected chi connectivity index (χ4v) is 3.77. The van der Waals surface area contributed by atoms with Crippen LogP contribution in [0.3, 0.4) is 0 Å². The van der Waals surface area contributed by atoms with E-state index in [0.717, 1.165) is 5.56 Å². The van der Waals surface area contributed by atoms with Crippen molar-refractivity contribution in [2.45, 2.75) is 56.5 Å². The molecule has 1 heterocycles. The first-order valence-corrected chi connectivity index (χ1v) is 9.36. The van der Waals surface area contributed by atoms with E-state index in [-0.39, 0.29) is 11.1 Å². The van der Waals surface area contributed by atoms with Gasteiger partial charge in [0.2, 0.25) is 11.6 Å². The van der Waals surface area contributed by atoms with Crippen LogP contribution in [-0.4, -0.2) is 50.3 Å². The first kappa shape index (κ1) is 20.8. The van der Waals surface area contributed by atoms with E-state index in [0.29, 0.717) is 0 Å². The van der Waals surface area contributed by atoms with Crippen molar-refractivity contribution in [1.82, 2.24) is 0 Å². The van der Waals surface area contributed by atoms with Gasteiger partial charge in [-0.3, -0.25) is 0 Å². The third-order valence-corrected chi connectivity index (χ3v) is 6.05. The Bertz CT molecular complexity index is 703. The van der Waals surface area contributed by atoms with E-state index in [4.69, 9.17) is 23.7 Å². The maximum atomic E-state index is 14.9. The number of rotatable bonds is 5. The molecular weight excluding hydrogens is 426 g/mol. The highest BCUT2D eigenvalue weighted by molar-refractivity contribution is 9.11. The topological polar surface area (TPSA) is 46.2 Å². The molecular formula is C19H23BrF2O5. The Kier molecular flexibility index (Phi) is 6.05. The van der Waals surface area contributed by atoms with Crippen LogP contribution in [0.2, 0.25) is 0 Å². The molecule has 1 unspecified atom stereocenters. The first-order chi connectivity index (χ1) is 12.8. The zero-order chi connectivity index (χ0) is 19.8. The Labute approximate surface area is 165 Å². The van der Waals surface area contributed by atoms with Gasteiger partial charge in [0, 0.05) is 14.2 Å². The largest absolute Gasteiger partial charge is 0.364 e. The van der Waals surface area contributed by atoms with Crippen LogP contribution in [-0.2, 0) is 30.3 Å². The van der Waals surface area contributed by atoms with Gasteiger partial charge in [0.25, 0.3) is 0 Å². The molecule has 150 valence electrons. The van der Waals surface area contributed by atoms with Crippen molar-refractivity contribution in [2.75, 3.05) is 14.2 Å². The van der Waals surface area contributed by atoms with Crippen molar-refractivity contribution >= 4 is 15.9 Å².